The Morgan fingerprint density at radius 2 is 1.09 bits per heavy atom. The Bertz CT molecular complexity index is 1270. The highest BCUT2D eigenvalue weighted by Crippen LogP contribution is 2.32. The minimum atomic E-state index is -0.847. The van der Waals surface area contributed by atoms with Crippen LogP contribution in [0.3, 0.4) is 0 Å². The van der Waals surface area contributed by atoms with Crippen molar-refractivity contribution in [2.24, 2.45) is 0 Å². The first-order valence-corrected chi connectivity index (χ1v) is 12.4. The summed E-state index contributed by atoms with van der Waals surface area (Å²) in [6, 6.07) is 23.7. The van der Waals surface area contributed by atoms with Crippen molar-refractivity contribution in [2.45, 2.75) is 52.4 Å². The Labute approximate surface area is 206 Å². The van der Waals surface area contributed by atoms with Gasteiger partial charge < -0.3 is 0 Å². The Morgan fingerprint density at radius 3 is 1.60 bits per heavy atom. The summed E-state index contributed by atoms with van der Waals surface area (Å²) < 4.78 is 44.4. The Morgan fingerprint density at radius 1 is 0.543 bits per heavy atom. The summed E-state index contributed by atoms with van der Waals surface area (Å²) in [5, 5.41) is 0. The first-order chi connectivity index (χ1) is 17.0. The SMILES string of the molecule is CCCCc1ccc(CCc2ccc(-c3ccc(-c4ccc(CC)cc4)c(F)c3F)cc2)c(F)c1. The monoisotopic (exact) mass is 472 g/mol. The largest absolute Gasteiger partial charge is 0.207 e. The lowest BCUT2D eigenvalue weighted by atomic mass is 9.96. The van der Waals surface area contributed by atoms with Crippen LogP contribution in [-0.4, -0.2) is 0 Å². The van der Waals surface area contributed by atoms with Gasteiger partial charge in [-0.05, 0) is 71.6 Å². The number of aryl methyl sites for hydroxylation is 4. The van der Waals surface area contributed by atoms with Crippen LogP contribution in [-0.2, 0) is 25.7 Å². The first-order valence-electron chi connectivity index (χ1n) is 12.4. The third-order valence-corrected chi connectivity index (χ3v) is 6.64. The molecule has 4 rings (SSSR count). The van der Waals surface area contributed by atoms with Gasteiger partial charge in [-0.25, -0.2) is 13.2 Å². The minimum Gasteiger partial charge on any atom is -0.207 e. The van der Waals surface area contributed by atoms with Crippen LogP contribution in [0.4, 0.5) is 13.2 Å². The normalized spacial score (nSPS) is 11.1. The van der Waals surface area contributed by atoms with Gasteiger partial charge in [0, 0.05) is 11.1 Å². The molecule has 0 atom stereocenters. The molecule has 0 aromatic heterocycles. The predicted octanol–water partition coefficient (Wildman–Crippen LogP) is 9.13. The molecule has 0 spiro atoms. The van der Waals surface area contributed by atoms with Crippen LogP contribution >= 0.6 is 0 Å². The molecule has 0 N–H and O–H groups in total. The lowest BCUT2D eigenvalue weighted by Gasteiger charge is -2.11. The standard InChI is InChI=1S/C32H31F3/c1-3-5-6-24-12-18-27(30(33)21-24)17-11-23-9-15-26(16-10-23)29-20-19-28(31(34)32(29)35)25-13-7-22(4-2)8-14-25/h7-10,12-16,18-21H,3-6,11,17H2,1-2H3. The van der Waals surface area contributed by atoms with Gasteiger partial charge in [0.1, 0.15) is 5.82 Å². The molecule has 0 saturated heterocycles. The summed E-state index contributed by atoms with van der Waals surface area (Å²) in [4.78, 5) is 0. The molecule has 0 fully saturated rings. The summed E-state index contributed by atoms with van der Waals surface area (Å²) in [5.74, 6) is -1.84. The summed E-state index contributed by atoms with van der Waals surface area (Å²) in [6.07, 6.45) is 5.21. The van der Waals surface area contributed by atoms with Gasteiger partial charge in [-0.15, -0.1) is 0 Å². The zero-order chi connectivity index (χ0) is 24.8. The summed E-state index contributed by atoms with van der Waals surface area (Å²) >= 11 is 0. The number of rotatable bonds is 9. The average molecular weight is 473 g/mol. The zero-order valence-electron chi connectivity index (χ0n) is 20.4. The van der Waals surface area contributed by atoms with Crippen molar-refractivity contribution in [3.63, 3.8) is 0 Å². The quantitative estimate of drug-likeness (QED) is 0.228. The average Bonchev–Trinajstić information content (AvgIpc) is 2.89. The highest BCUT2D eigenvalue weighted by atomic mass is 19.2. The predicted molar refractivity (Wildman–Crippen MR) is 139 cm³/mol. The van der Waals surface area contributed by atoms with Crippen molar-refractivity contribution in [1.82, 2.24) is 0 Å². The van der Waals surface area contributed by atoms with Gasteiger partial charge in [0.05, 0.1) is 0 Å². The molecule has 0 nitrogen and oxygen atoms in total. The molecule has 0 heterocycles. The molecular formula is C32H31F3. The summed E-state index contributed by atoms with van der Waals surface area (Å²) in [5.41, 5.74) is 5.68. The van der Waals surface area contributed by atoms with Gasteiger partial charge in [-0.2, -0.15) is 0 Å². The number of hydrogen-bond acceptors (Lipinski definition) is 0. The molecule has 3 heteroatoms. The van der Waals surface area contributed by atoms with E-state index < -0.39 is 11.6 Å². The van der Waals surface area contributed by atoms with E-state index in [1.165, 1.54) is 0 Å². The summed E-state index contributed by atoms with van der Waals surface area (Å²) in [6.45, 7) is 4.18. The smallest absolute Gasteiger partial charge is 0.167 e. The maximum absolute atomic E-state index is 15.0. The van der Waals surface area contributed by atoms with Crippen molar-refractivity contribution in [1.29, 1.82) is 0 Å². The van der Waals surface area contributed by atoms with Crippen molar-refractivity contribution in [2.75, 3.05) is 0 Å². The van der Waals surface area contributed by atoms with Gasteiger partial charge >= 0.3 is 0 Å². The van der Waals surface area contributed by atoms with Crippen LogP contribution in [0.15, 0.2) is 78.9 Å². The molecule has 0 aliphatic carbocycles. The van der Waals surface area contributed by atoms with E-state index in [4.69, 9.17) is 0 Å². The van der Waals surface area contributed by atoms with Crippen LogP contribution in [0.2, 0.25) is 0 Å². The Balaban J connectivity index is 1.46. The topological polar surface area (TPSA) is 0 Å². The lowest BCUT2D eigenvalue weighted by Crippen LogP contribution is -1.97. The molecule has 4 aromatic rings. The highest BCUT2D eigenvalue weighted by Gasteiger charge is 2.16. The second kappa shape index (κ2) is 11.4. The van der Waals surface area contributed by atoms with Gasteiger partial charge in [0.15, 0.2) is 11.6 Å². The zero-order valence-corrected chi connectivity index (χ0v) is 20.4. The fraction of sp³-hybridized carbons (Fsp3) is 0.250. The van der Waals surface area contributed by atoms with E-state index in [1.54, 1.807) is 30.3 Å². The first kappa shape index (κ1) is 24.8. The molecule has 0 saturated carbocycles. The Hall–Kier alpha value is -3.33. The third-order valence-electron chi connectivity index (χ3n) is 6.64. The van der Waals surface area contributed by atoms with Crippen molar-refractivity contribution in [3.05, 3.63) is 119 Å². The van der Waals surface area contributed by atoms with E-state index in [0.29, 0.717) is 29.5 Å². The number of hydrogen-bond donors (Lipinski definition) is 0. The molecule has 0 aliphatic rings. The molecule has 0 radical (unpaired) electrons. The second-order valence-electron chi connectivity index (χ2n) is 9.07. The fourth-order valence-corrected chi connectivity index (χ4v) is 4.38. The van der Waals surface area contributed by atoms with Crippen molar-refractivity contribution >= 4 is 0 Å². The lowest BCUT2D eigenvalue weighted by molar-refractivity contribution is 0.514. The molecule has 0 aliphatic heterocycles. The number of benzene rings is 4. The highest BCUT2D eigenvalue weighted by molar-refractivity contribution is 5.72. The van der Waals surface area contributed by atoms with E-state index in [1.807, 2.05) is 48.5 Å². The third kappa shape index (κ3) is 5.85. The molecule has 4 aromatic carbocycles. The van der Waals surface area contributed by atoms with Gasteiger partial charge in [-0.1, -0.05) is 93.1 Å². The molecule has 0 amide bonds. The van der Waals surface area contributed by atoms with E-state index in [0.717, 1.165) is 42.4 Å². The molecular weight excluding hydrogens is 441 g/mol. The number of halogens is 3. The maximum atomic E-state index is 15.0. The summed E-state index contributed by atoms with van der Waals surface area (Å²) in [7, 11) is 0. The van der Waals surface area contributed by atoms with E-state index in [2.05, 4.69) is 13.8 Å². The van der Waals surface area contributed by atoms with Crippen molar-refractivity contribution in [3.8, 4) is 22.3 Å². The minimum absolute atomic E-state index is 0.155. The molecule has 0 unspecified atom stereocenters. The Kier molecular flexibility index (Phi) is 8.07. The van der Waals surface area contributed by atoms with Crippen molar-refractivity contribution < 1.29 is 13.2 Å². The number of unbranched alkanes of at least 4 members (excludes halogenated alkanes) is 1. The van der Waals surface area contributed by atoms with Crippen LogP contribution in [0.25, 0.3) is 22.3 Å². The van der Waals surface area contributed by atoms with E-state index in [9.17, 15) is 13.2 Å². The van der Waals surface area contributed by atoms with E-state index >= 15 is 0 Å². The van der Waals surface area contributed by atoms with Crippen LogP contribution in [0, 0.1) is 17.5 Å². The van der Waals surface area contributed by atoms with Gasteiger partial charge in [-0.3, -0.25) is 0 Å². The molecule has 35 heavy (non-hydrogen) atoms. The van der Waals surface area contributed by atoms with Crippen LogP contribution in [0.1, 0.15) is 48.9 Å². The van der Waals surface area contributed by atoms with Crippen LogP contribution < -0.4 is 0 Å². The van der Waals surface area contributed by atoms with E-state index in [-0.39, 0.29) is 16.9 Å². The molecule has 180 valence electrons. The van der Waals surface area contributed by atoms with Gasteiger partial charge in [0.2, 0.25) is 0 Å². The second-order valence-corrected chi connectivity index (χ2v) is 9.07. The van der Waals surface area contributed by atoms with Crippen LogP contribution in [0.5, 0.6) is 0 Å². The maximum Gasteiger partial charge on any atom is 0.167 e. The fourth-order valence-electron chi connectivity index (χ4n) is 4.38. The molecule has 0 bridgehead atoms. The van der Waals surface area contributed by atoms with Gasteiger partial charge in [0.25, 0.3) is 0 Å².